The lowest BCUT2D eigenvalue weighted by Gasteiger charge is -2.43. The fourth-order valence-corrected chi connectivity index (χ4v) is 6.25. The van der Waals surface area contributed by atoms with Crippen LogP contribution in [0.15, 0.2) is 36.4 Å². The summed E-state index contributed by atoms with van der Waals surface area (Å²) in [4.78, 5) is 42.4. The minimum absolute atomic E-state index is 0.0865. The Balaban J connectivity index is 1.49. The number of carbonyl (C=O) groups is 3. The van der Waals surface area contributed by atoms with E-state index in [2.05, 4.69) is 0 Å². The summed E-state index contributed by atoms with van der Waals surface area (Å²) >= 11 is 0. The van der Waals surface area contributed by atoms with Crippen molar-refractivity contribution in [2.45, 2.75) is 43.1 Å². The van der Waals surface area contributed by atoms with E-state index in [9.17, 15) is 14.4 Å². The van der Waals surface area contributed by atoms with E-state index in [1.807, 2.05) is 46.2 Å². The molecule has 5 aliphatic heterocycles. The van der Waals surface area contributed by atoms with Crippen LogP contribution in [0.25, 0.3) is 0 Å². The Labute approximate surface area is 168 Å². The Hall–Kier alpha value is -2.67. The van der Waals surface area contributed by atoms with Crippen molar-refractivity contribution < 1.29 is 23.9 Å². The summed E-state index contributed by atoms with van der Waals surface area (Å²) < 4.78 is 11.3. The van der Waals surface area contributed by atoms with Gasteiger partial charge in [0, 0.05) is 18.7 Å². The summed E-state index contributed by atoms with van der Waals surface area (Å²) in [7, 11) is 1.35. The van der Waals surface area contributed by atoms with Gasteiger partial charge in [0.05, 0.1) is 31.2 Å². The lowest BCUT2D eigenvalue weighted by atomic mass is 9.73. The van der Waals surface area contributed by atoms with E-state index in [1.165, 1.54) is 7.11 Å². The summed E-state index contributed by atoms with van der Waals surface area (Å²) in [5, 5.41) is 0. The second-order valence-corrected chi connectivity index (χ2v) is 8.55. The molecule has 6 rings (SSSR count). The molecule has 3 fully saturated rings. The number of fused-ring (bicyclic) bond motifs is 4. The zero-order chi connectivity index (χ0) is 19.9. The lowest BCUT2D eigenvalue weighted by Crippen LogP contribution is -2.50. The van der Waals surface area contributed by atoms with E-state index in [4.69, 9.17) is 9.47 Å². The monoisotopic (exact) mass is 394 g/mol. The van der Waals surface area contributed by atoms with Gasteiger partial charge in [-0.3, -0.25) is 14.4 Å². The van der Waals surface area contributed by atoms with Gasteiger partial charge in [0.25, 0.3) is 0 Å². The molecule has 1 aromatic carbocycles. The van der Waals surface area contributed by atoms with Crippen LogP contribution in [0.4, 0.5) is 5.69 Å². The third-order valence-electron chi connectivity index (χ3n) is 7.38. The van der Waals surface area contributed by atoms with E-state index < -0.39 is 29.5 Å². The third-order valence-corrected chi connectivity index (χ3v) is 7.38. The van der Waals surface area contributed by atoms with Gasteiger partial charge in [-0.15, -0.1) is 0 Å². The number of hydrogen-bond acceptors (Lipinski definition) is 5. The molecule has 0 aliphatic carbocycles. The van der Waals surface area contributed by atoms with E-state index in [0.717, 1.165) is 24.2 Å². The highest BCUT2D eigenvalue weighted by molar-refractivity contribution is 6.04. The molecule has 1 aromatic rings. The number of likely N-dealkylation sites (tertiary alicyclic amines) is 1. The lowest BCUT2D eigenvalue weighted by molar-refractivity contribution is -0.149. The molecule has 2 amide bonds. The van der Waals surface area contributed by atoms with Crippen molar-refractivity contribution in [1.29, 1.82) is 0 Å². The molecule has 6 atom stereocenters. The van der Waals surface area contributed by atoms with Crippen LogP contribution < -0.4 is 4.90 Å². The van der Waals surface area contributed by atoms with Crippen LogP contribution in [0.5, 0.6) is 0 Å². The molecule has 3 saturated heterocycles. The van der Waals surface area contributed by atoms with Crippen molar-refractivity contribution in [2.75, 3.05) is 18.6 Å². The molecule has 150 valence electrons. The summed E-state index contributed by atoms with van der Waals surface area (Å²) in [6, 6.07) is 7.47. The molecule has 7 nitrogen and oxygen atoms in total. The average molecular weight is 394 g/mol. The number of benzene rings is 1. The number of nitrogens with zero attached hydrogens (tertiary/aromatic N) is 2. The maximum absolute atomic E-state index is 13.6. The van der Waals surface area contributed by atoms with E-state index in [1.54, 1.807) is 0 Å². The predicted molar refractivity (Wildman–Crippen MR) is 102 cm³/mol. The van der Waals surface area contributed by atoms with Gasteiger partial charge in [-0.25, -0.2) is 0 Å². The molecule has 0 saturated carbocycles. The molecule has 2 bridgehead atoms. The third kappa shape index (κ3) is 1.99. The van der Waals surface area contributed by atoms with E-state index in [0.29, 0.717) is 12.8 Å². The molecule has 1 spiro atoms. The number of esters is 1. The highest BCUT2D eigenvalue weighted by Gasteiger charge is 2.72. The SMILES string of the molecule is COC(=O)[C@H]1[C@H]2C(=O)N3c4ccccc4[C@@H](N4CCCC4=O)C[C@H]3[C@]23C=C[C@H]1O3. The molecule has 5 heterocycles. The van der Waals surface area contributed by atoms with Crippen LogP contribution in [0.3, 0.4) is 0 Å². The van der Waals surface area contributed by atoms with Crippen LogP contribution in [-0.4, -0.2) is 54.1 Å². The van der Waals surface area contributed by atoms with Gasteiger partial charge < -0.3 is 19.3 Å². The number of amides is 2. The molecule has 0 aromatic heterocycles. The molecule has 0 radical (unpaired) electrons. The minimum Gasteiger partial charge on any atom is -0.469 e. The zero-order valence-corrected chi connectivity index (χ0v) is 16.1. The molecule has 5 aliphatic rings. The van der Waals surface area contributed by atoms with Crippen LogP contribution >= 0.6 is 0 Å². The second kappa shape index (κ2) is 5.69. The molecule has 0 N–H and O–H groups in total. The summed E-state index contributed by atoms with van der Waals surface area (Å²) in [6.07, 6.45) is 5.48. The first-order chi connectivity index (χ1) is 14.1. The summed E-state index contributed by atoms with van der Waals surface area (Å²) in [5.74, 6) is -1.54. The number of rotatable bonds is 2. The smallest absolute Gasteiger partial charge is 0.312 e. The van der Waals surface area contributed by atoms with E-state index >= 15 is 0 Å². The number of carbonyl (C=O) groups excluding carboxylic acids is 3. The standard InChI is InChI=1S/C22H22N2O5/c1-28-21(27)18-15-8-9-22(29-15)16-11-14(23-10-4-7-17(23)25)12-5-2-3-6-13(12)24(16)20(26)19(18)22/h2-3,5-6,8-9,14-16,18-19H,4,7,10-11H2,1H3/t14-,15+,16-,18+,19-,22+/m0/s1. The van der Waals surface area contributed by atoms with Gasteiger partial charge in [-0.05, 0) is 24.5 Å². The van der Waals surface area contributed by atoms with Crippen LogP contribution in [-0.2, 0) is 23.9 Å². The summed E-state index contributed by atoms with van der Waals surface area (Å²) in [5.41, 5.74) is 0.984. The van der Waals surface area contributed by atoms with Gasteiger partial charge in [-0.1, -0.05) is 30.4 Å². The highest BCUT2D eigenvalue weighted by atomic mass is 16.5. The minimum atomic E-state index is -0.838. The Morgan fingerprint density at radius 2 is 2.10 bits per heavy atom. The van der Waals surface area contributed by atoms with Crippen molar-refractivity contribution in [2.24, 2.45) is 11.8 Å². The van der Waals surface area contributed by atoms with Crippen molar-refractivity contribution >= 4 is 23.5 Å². The largest absolute Gasteiger partial charge is 0.469 e. The van der Waals surface area contributed by atoms with Gasteiger partial charge >= 0.3 is 5.97 Å². The predicted octanol–water partition coefficient (Wildman–Crippen LogP) is 1.58. The van der Waals surface area contributed by atoms with Gasteiger partial charge in [0.2, 0.25) is 11.8 Å². The average Bonchev–Trinajstić information content (AvgIpc) is 3.48. The molecule has 7 heteroatoms. The summed E-state index contributed by atoms with van der Waals surface area (Å²) in [6.45, 7) is 0.735. The molecular formula is C22H22N2O5. The first-order valence-electron chi connectivity index (χ1n) is 10.2. The fourth-order valence-electron chi connectivity index (χ4n) is 6.25. The fraction of sp³-hybridized carbons (Fsp3) is 0.500. The van der Waals surface area contributed by atoms with Crippen molar-refractivity contribution in [3.63, 3.8) is 0 Å². The second-order valence-electron chi connectivity index (χ2n) is 8.55. The number of para-hydroxylation sites is 1. The Kier molecular flexibility index (Phi) is 3.38. The number of hydrogen-bond donors (Lipinski definition) is 0. The molecular weight excluding hydrogens is 372 g/mol. The number of methoxy groups -OCH3 is 1. The molecule has 0 unspecified atom stereocenters. The quantitative estimate of drug-likeness (QED) is 0.562. The van der Waals surface area contributed by atoms with Crippen molar-refractivity contribution in [3.05, 3.63) is 42.0 Å². The van der Waals surface area contributed by atoms with Gasteiger partial charge in [-0.2, -0.15) is 0 Å². The first kappa shape index (κ1) is 17.2. The van der Waals surface area contributed by atoms with Gasteiger partial charge in [0.1, 0.15) is 11.5 Å². The Bertz CT molecular complexity index is 974. The Morgan fingerprint density at radius 1 is 1.28 bits per heavy atom. The van der Waals surface area contributed by atoms with Crippen LogP contribution in [0.2, 0.25) is 0 Å². The maximum atomic E-state index is 13.6. The highest BCUT2D eigenvalue weighted by Crippen LogP contribution is 2.60. The van der Waals surface area contributed by atoms with Crippen LogP contribution in [0, 0.1) is 11.8 Å². The van der Waals surface area contributed by atoms with Crippen molar-refractivity contribution in [3.8, 4) is 0 Å². The van der Waals surface area contributed by atoms with Gasteiger partial charge in [0.15, 0.2) is 0 Å². The van der Waals surface area contributed by atoms with E-state index in [-0.39, 0.29) is 23.9 Å². The van der Waals surface area contributed by atoms with Crippen molar-refractivity contribution in [1.82, 2.24) is 4.90 Å². The first-order valence-corrected chi connectivity index (χ1v) is 10.2. The maximum Gasteiger partial charge on any atom is 0.312 e. The molecule has 29 heavy (non-hydrogen) atoms. The Morgan fingerprint density at radius 3 is 2.86 bits per heavy atom. The zero-order valence-electron chi connectivity index (χ0n) is 16.1. The normalized spacial score (nSPS) is 39.0. The number of ether oxygens (including phenoxy) is 2. The number of anilines is 1. The topological polar surface area (TPSA) is 76.2 Å². The van der Waals surface area contributed by atoms with Crippen LogP contribution in [0.1, 0.15) is 30.9 Å².